The van der Waals surface area contributed by atoms with Gasteiger partial charge in [0.25, 0.3) is 0 Å². The number of aromatic nitrogens is 1. The van der Waals surface area contributed by atoms with Gasteiger partial charge in [0.2, 0.25) is 10.5 Å². The topological polar surface area (TPSA) is 3.88 Å². The Morgan fingerprint density at radius 3 is 2.57 bits per heavy atom. The number of hydrogen-bond acceptors (Lipinski definition) is 1. The molecule has 0 aliphatic carbocycles. The summed E-state index contributed by atoms with van der Waals surface area (Å²) in [7, 11) is 0. The highest BCUT2D eigenvalue weighted by Gasteiger charge is 2.23. The molecule has 1 aromatic heterocycles. The van der Waals surface area contributed by atoms with Gasteiger partial charge in [-0.3, -0.25) is 0 Å². The van der Waals surface area contributed by atoms with Crippen LogP contribution >= 0.6 is 34.5 Å². The number of halogens is 2. The quantitative estimate of drug-likeness (QED) is 0.520. The predicted octanol–water partition coefficient (Wildman–Crippen LogP) is 5.80. The lowest BCUT2D eigenvalue weighted by Gasteiger charge is -2.09. The number of thiazole rings is 1. The van der Waals surface area contributed by atoms with Gasteiger partial charge < -0.3 is 0 Å². The molecule has 3 aromatic rings. The maximum Gasteiger partial charge on any atom is 0.235 e. The molecule has 0 aliphatic rings. The molecule has 3 rings (SSSR count). The Kier molecular flexibility index (Phi) is 3.96. The van der Waals surface area contributed by atoms with Crippen molar-refractivity contribution < 1.29 is 4.57 Å². The fourth-order valence-corrected chi connectivity index (χ4v) is 4.28. The maximum absolute atomic E-state index is 6.44. The first-order valence-corrected chi connectivity index (χ1v) is 8.48. The third kappa shape index (κ3) is 2.46. The zero-order valence-electron chi connectivity index (χ0n) is 12.2. The first-order chi connectivity index (χ1) is 10.0. The normalized spacial score (nSPS) is 11.3. The fourth-order valence-electron chi connectivity index (χ4n) is 2.80. The molecule has 0 saturated carbocycles. The number of rotatable bonds is 2. The lowest BCUT2D eigenvalue weighted by Crippen LogP contribution is -2.33. The van der Waals surface area contributed by atoms with Crippen molar-refractivity contribution in [1.82, 2.24) is 0 Å². The van der Waals surface area contributed by atoms with Gasteiger partial charge in [-0.15, -0.1) is 0 Å². The van der Waals surface area contributed by atoms with Crippen molar-refractivity contribution in [3.05, 3.63) is 50.9 Å². The van der Waals surface area contributed by atoms with Crippen LogP contribution in [0.4, 0.5) is 0 Å². The lowest BCUT2D eigenvalue weighted by atomic mass is 9.99. The van der Waals surface area contributed by atoms with Crippen molar-refractivity contribution in [3.8, 4) is 11.1 Å². The summed E-state index contributed by atoms with van der Waals surface area (Å²) < 4.78 is 3.63. The van der Waals surface area contributed by atoms with Gasteiger partial charge in [0.1, 0.15) is 11.2 Å². The van der Waals surface area contributed by atoms with Crippen LogP contribution in [0.3, 0.4) is 0 Å². The Morgan fingerprint density at radius 1 is 1.10 bits per heavy atom. The van der Waals surface area contributed by atoms with E-state index in [0.717, 1.165) is 17.1 Å². The average Bonchev–Trinajstić information content (AvgIpc) is 2.77. The van der Waals surface area contributed by atoms with Crippen molar-refractivity contribution >= 4 is 44.8 Å². The molecule has 108 valence electrons. The van der Waals surface area contributed by atoms with Crippen LogP contribution in [0, 0.1) is 13.8 Å². The molecule has 0 atom stereocenters. The second-order valence-electron chi connectivity index (χ2n) is 5.09. The second-order valence-corrected chi connectivity index (χ2v) is 7.17. The number of nitrogens with zero attached hydrogens (tertiary/aromatic N) is 1. The van der Waals surface area contributed by atoms with Crippen LogP contribution in [0.25, 0.3) is 21.3 Å². The molecular weight excluding hydrogens is 321 g/mol. The van der Waals surface area contributed by atoms with Crippen LogP contribution < -0.4 is 4.57 Å². The van der Waals surface area contributed by atoms with Crippen LogP contribution in [-0.2, 0) is 6.54 Å². The van der Waals surface area contributed by atoms with Crippen LogP contribution in [0.1, 0.15) is 17.5 Å². The third-order valence-electron chi connectivity index (χ3n) is 3.77. The predicted molar refractivity (Wildman–Crippen MR) is 92.6 cm³/mol. The smallest absolute Gasteiger partial charge is 0.186 e. The Labute approximate surface area is 138 Å². The summed E-state index contributed by atoms with van der Waals surface area (Å²) in [4.78, 5) is 0. The summed E-state index contributed by atoms with van der Waals surface area (Å²) in [6.07, 6.45) is 0. The second kappa shape index (κ2) is 5.60. The summed E-state index contributed by atoms with van der Waals surface area (Å²) in [6, 6.07) is 10.0. The van der Waals surface area contributed by atoms with E-state index in [0.29, 0.717) is 5.02 Å². The molecule has 0 bridgehead atoms. The van der Waals surface area contributed by atoms with Gasteiger partial charge in [0.05, 0.1) is 5.56 Å². The standard InChI is InChI=1S/C17H16Cl2NS/c1-4-20-11(3)21-15-8-5-10(2)16(17(15)20)13-9-12(18)6-7-14(13)19/h5-9H,4H2,1-3H3/q+1. The molecule has 0 spiro atoms. The number of hydrogen-bond donors (Lipinski definition) is 0. The molecule has 0 unspecified atom stereocenters. The molecule has 0 aliphatic heterocycles. The molecule has 2 aromatic carbocycles. The molecule has 21 heavy (non-hydrogen) atoms. The van der Waals surface area contributed by atoms with Gasteiger partial charge in [0.15, 0.2) is 0 Å². The van der Waals surface area contributed by atoms with Gasteiger partial charge in [-0.2, -0.15) is 4.57 Å². The van der Waals surface area contributed by atoms with E-state index in [1.807, 2.05) is 29.5 Å². The van der Waals surface area contributed by atoms with Gasteiger partial charge in [-0.05, 0) is 43.7 Å². The first kappa shape index (κ1) is 14.8. The van der Waals surface area contributed by atoms with E-state index in [-0.39, 0.29) is 0 Å². The van der Waals surface area contributed by atoms with Crippen LogP contribution in [0.2, 0.25) is 10.0 Å². The van der Waals surface area contributed by atoms with Crippen molar-refractivity contribution in [2.45, 2.75) is 27.3 Å². The summed E-state index contributed by atoms with van der Waals surface area (Å²) >= 11 is 14.4. The van der Waals surface area contributed by atoms with E-state index < -0.39 is 0 Å². The molecule has 0 radical (unpaired) electrons. The molecule has 1 heterocycles. The zero-order valence-corrected chi connectivity index (χ0v) is 14.5. The first-order valence-electron chi connectivity index (χ1n) is 6.91. The van der Waals surface area contributed by atoms with E-state index in [2.05, 4.69) is 37.5 Å². The minimum atomic E-state index is 0.709. The molecule has 0 N–H and O–H groups in total. The Hall–Kier alpha value is -1.09. The summed E-state index contributed by atoms with van der Waals surface area (Å²) in [6.45, 7) is 7.40. The van der Waals surface area contributed by atoms with E-state index in [4.69, 9.17) is 23.2 Å². The monoisotopic (exact) mass is 336 g/mol. The van der Waals surface area contributed by atoms with Gasteiger partial charge in [-0.25, -0.2) is 0 Å². The van der Waals surface area contributed by atoms with E-state index in [1.165, 1.54) is 26.4 Å². The Morgan fingerprint density at radius 2 is 1.86 bits per heavy atom. The highest BCUT2D eigenvalue weighted by Crippen LogP contribution is 2.38. The Balaban J connectivity index is 2.46. The van der Waals surface area contributed by atoms with Crippen molar-refractivity contribution in [2.24, 2.45) is 0 Å². The molecule has 0 fully saturated rings. The van der Waals surface area contributed by atoms with Crippen LogP contribution in [0.5, 0.6) is 0 Å². The largest absolute Gasteiger partial charge is 0.235 e. The molecule has 0 amide bonds. The third-order valence-corrected chi connectivity index (χ3v) is 5.40. The van der Waals surface area contributed by atoms with Gasteiger partial charge >= 0.3 is 0 Å². The summed E-state index contributed by atoms with van der Waals surface area (Å²) in [5.41, 5.74) is 4.66. The SMILES string of the molecule is CC[n+]1c(C)sc2ccc(C)c(-c3cc(Cl)ccc3Cl)c21. The number of aryl methyl sites for hydroxylation is 3. The fraction of sp³-hybridized carbons (Fsp3) is 0.235. The van der Waals surface area contributed by atoms with Crippen molar-refractivity contribution in [2.75, 3.05) is 0 Å². The minimum Gasteiger partial charge on any atom is -0.186 e. The molecule has 4 heteroatoms. The van der Waals surface area contributed by atoms with Crippen LogP contribution in [-0.4, -0.2) is 0 Å². The average molecular weight is 337 g/mol. The number of fused-ring (bicyclic) bond motifs is 1. The molecular formula is C17H16Cl2NS+. The van der Waals surface area contributed by atoms with Gasteiger partial charge in [-0.1, -0.05) is 40.6 Å². The lowest BCUT2D eigenvalue weighted by molar-refractivity contribution is -0.669. The van der Waals surface area contributed by atoms with Crippen molar-refractivity contribution in [1.29, 1.82) is 0 Å². The number of benzene rings is 2. The van der Waals surface area contributed by atoms with Crippen LogP contribution in [0.15, 0.2) is 30.3 Å². The maximum atomic E-state index is 6.44. The van der Waals surface area contributed by atoms with E-state index in [9.17, 15) is 0 Å². The molecule has 0 saturated heterocycles. The van der Waals surface area contributed by atoms with Gasteiger partial charge in [0, 0.05) is 22.5 Å². The highest BCUT2D eigenvalue weighted by molar-refractivity contribution is 7.18. The Bertz CT molecular complexity index is 836. The zero-order chi connectivity index (χ0) is 15.1. The highest BCUT2D eigenvalue weighted by atomic mass is 35.5. The minimum absolute atomic E-state index is 0.709. The molecule has 1 nitrogen and oxygen atoms in total. The van der Waals surface area contributed by atoms with Crippen molar-refractivity contribution in [3.63, 3.8) is 0 Å². The summed E-state index contributed by atoms with van der Waals surface area (Å²) in [5.74, 6) is 0. The van der Waals surface area contributed by atoms with E-state index in [1.54, 1.807) is 0 Å². The summed E-state index contributed by atoms with van der Waals surface area (Å²) in [5, 5.41) is 2.75. The van der Waals surface area contributed by atoms with E-state index >= 15 is 0 Å².